The third-order valence-corrected chi connectivity index (χ3v) is 5.39. The molecule has 4 rings (SSSR count). The van der Waals surface area contributed by atoms with Gasteiger partial charge in [-0.3, -0.25) is 23.9 Å². The van der Waals surface area contributed by atoms with Crippen molar-refractivity contribution >= 4 is 22.7 Å². The summed E-state index contributed by atoms with van der Waals surface area (Å²) in [5.41, 5.74) is -0.380. The van der Waals surface area contributed by atoms with E-state index in [4.69, 9.17) is 6.42 Å². The molecular weight excluding hydrogens is 415 g/mol. The minimum Gasteiger partial charge on any atom is -0.328 e. The van der Waals surface area contributed by atoms with E-state index in [0.717, 1.165) is 6.07 Å². The van der Waals surface area contributed by atoms with Gasteiger partial charge in [0.25, 0.3) is 11.5 Å². The first kappa shape index (κ1) is 21.1. The largest absolute Gasteiger partial charge is 0.329 e. The van der Waals surface area contributed by atoms with Gasteiger partial charge in [-0.1, -0.05) is 24.1 Å². The molecular formula is C23H19FN4O4. The monoisotopic (exact) mass is 434 g/mol. The summed E-state index contributed by atoms with van der Waals surface area (Å²) in [7, 11) is 0. The molecule has 0 aliphatic carbocycles. The standard InChI is InChI=1S/C23H19FN4O4/c1-2-9-26-10-11-27(14-20(26)29)22(31)17-12-15(7-8-18(17)24)13-28-19-6-4-3-5-16(19)21(30)25-23(28)32/h1,3-8,12H,9-11,13-14H2,(H,25,30,32). The quantitative estimate of drug-likeness (QED) is 0.615. The Morgan fingerprint density at radius 1 is 1.12 bits per heavy atom. The van der Waals surface area contributed by atoms with Crippen LogP contribution in [0.25, 0.3) is 10.9 Å². The van der Waals surface area contributed by atoms with Crippen LogP contribution in [0.4, 0.5) is 4.39 Å². The fraction of sp³-hybridized carbons (Fsp3) is 0.217. The number of fused-ring (bicyclic) bond motifs is 1. The van der Waals surface area contributed by atoms with Gasteiger partial charge < -0.3 is 9.80 Å². The van der Waals surface area contributed by atoms with E-state index in [1.807, 2.05) is 0 Å². The summed E-state index contributed by atoms with van der Waals surface area (Å²) in [6, 6.07) is 10.6. The smallest absolute Gasteiger partial charge is 0.328 e. The predicted octanol–water partition coefficient (Wildman–Crippen LogP) is 0.795. The Kier molecular flexibility index (Phi) is 5.60. The zero-order chi connectivity index (χ0) is 22.8. The minimum atomic E-state index is -0.726. The molecule has 0 radical (unpaired) electrons. The molecule has 0 unspecified atom stereocenters. The van der Waals surface area contributed by atoms with E-state index < -0.39 is 23.0 Å². The molecule has 0 bridgehead atoms. The zero-order valence-corrected chi connectivity index (χ0v) is 17.0. The average Bonchev–Trinajstić information content (AvgIpc) is 2.78. The molecule has 3 aromatic rings. The highest BCUT2D eigenvalue weighted by molar-refractivity contribution is 5.97. The number of piperazine rings is 1. The maximum absolute atomic E-state index is 14.5. The lowest BCUT2D eigenvalue weighted by Gasteiger charge is -2.33. The van der Waals surface area contributed by atoms with Gasteiger partial charge in [-0.2, -0.15) is 0 Å². The second kappa shape index (κ2) is 8.51. The van der Waals surface area contributed by atoms with E-state index in [1.165, 1.54) is 26.5 Å². The van der Waals surface area contributed by atoms with Crippen molar-refractivity contribution in [1.82, 2.24) is 19.4 Å². The van der Waals surface area contributed by atoms with Crippen LogP contribution < -0.4 is 11.2 Å². The van der Waals surface area contributed by atoms with E-state index in [2.05, 4.69) is 10.9 Å². The zero-order valence-electron chi connectivity index (χ0n) is 17.0. The van der Waals surface area contributed by atoms with Gasteiger partial charge in [0.05, 0.1) is 29.6 Å². The molecule has 1 aliphatic heterocycles. The first-order chi connectivity index (χ1) is 15.4. The van der Waals surface area contributed by atoms with Crippen molar-refractivity contribution in [1.29, 1.82) is 0 Å². The summed E-state index contributed by atoms with van der Waals surface area (Å²) in [4.78, 5) is 54.6. The van der Waals surface area contributed by atoms with Crippen LogP contribution >= 0.6 is 0 Å². The van der Waals surface area contributed by atoms with Crippen LogP contribution in [0, 0.1) is 18.2 Å². The van der Waals surface area contributed by atoms with Crippen LogP contribution in [0.5, 0.6) is 0 Å². The second-order valence-electron chi connectivity index (χ2n) is 7.42. The Bertz CT molecular complexity index is 1390. The van der Waals surface area contributed by atoms with E-state index in [0.29, 0.717) is 16.5 Å². The Morgan fingerprint density at radius 3 is 2.66 bits per heavy atom. The molecule has 1 aliphatic rings. The number of para-hydroxylation sites is 1. The Balaban J connectivity index is 1.64. The van der Waals surface area contributed by atoms with Gasteiger partial charge in [0, 0.05) is 13.1 Å². The van der Waals surface area contributed by atoms with Crippen molar-refractivity contribution < 1.29 is 14.0 Å². The summed E-state index contributed by atoms with van der Waals surface area (Å²) in [6.07, 6.45) is 5.24. The Morgan fingerprint density at radius 2 is 1.91 bits per heavy atom. The number of carbonyl (C=O) groups is 2. The van der Waals surface area contributed by atoms with Crippen LogP contribution in [-0.2, 0) is 11.3 Å². The van der Waals surface area contributed by atoms with Crippen molar-refractivity contribution in [3.8, 4) is 12.3 Å². The molecule has 2 heterocycles. The maximum atomic E-state index is 14.5. The number of carbonyl (C=O) groups excluding carboxylic acids is 2. The summed E-state index contributed by atoms with van der Waals surface area (Å²) in [5.74, 6) is 0.755. The third-order valence-electron chi connectivity index (χ3n) is 5.39. The minimum absolute atomic E-state index is 0.0194. The number of amides is 2. The molecule has 0 atom stereocenters. The highest BCUT2D eigenvalue weighted by Crippen LogP contribution is 2.17. The molecule has 2 amide bonds. The van der Waals surface area contributed by atoms with Crippen LogP contribution in [0.1, 0.15) is 15.9 Å². The van der Waals surface area contributed by atoms with Crippen molar-refractivity contribution in [2.75, 3.05) is 26.2 Å². The van der Waals surface area contributed by atoms with E-state index >= 15 is 0 Å². The lowest BCUT2D eigenvalue weighted by Crippen LogP contribution is -2.52. The molecule has 1 fully saturated rings. The number of hydrogen-bond donors (Lipinski definition) is 1. The lowest BCUT2D eigenvalue weighted by atomic mass is 10.1. The fourth-order valence-corrected chi connectivity index (χ4v) is 3.75. The number of nitrogens with zero attached hydrogens (tertiary/aromatic N) is 3. The predicted molar refractivity (Wildman–Crippen MR) is 116 cm³/mol. The van der Waals surface area contributed by atoms with Gasteiger partial charge in [0.1, 0.15) is 12.4 Å². The molecule has 162 valence electrons. The van der Waals surface area contributed by atoms with Gasteiger partial charge in [-0.25, -0.2) is 9.18 Å². The first-order valence-corrected chi connectivity index (χ1v) is 9.90. The molecule has 0 spiro atoms. The molecule has 9 heteroatoms. The molecule has 1 aromatic heterocycles. The molecule has 2 aromatic carbocycles. The summed E-state index contributed by atoms with van der Waals surface area (Å²) in [6.45, 7) is 0.501. The number of aromatic nitrogens is 2. The average molecular weight is 434 g/mol. The Hall–Kier alpha value is -4.19. The van der Waals surface area contributed by atoms with Crippen molar-refractivity contribution in [2.24, 2.45) is 0 Å². The molecule has 0 saturated carbocycles. The Labute approximate surface area is 181 Å². The van der Waals surface area contributed by atoms with Gasteiger partial charge >= 0.3 is 5.69 Å². The van der Waals surface area contributed by atoms with Gasteiger partial charge in [-0.15, -0.1) is 6.42 Å². The van der Waals surface area contributed by atoms with E-state index in [9.17, 15) is 23.6 Å². The topological polar surface area (TPSA) is 95.5 Å². The van der Waals surface area contributed by atoms with E-state index in [-0.39, 0.29) is 44.2 Å². The number of terminal acetylenes is 1. The maximum Gasteiger partial charge on any atom is 0.329 e. The number of nitrogens with one attached hydrogen (secondary N) is 1. The highest BCUT2D eigenvalue weighted by atomic mass is 19.1. The van der Waals surface area contributed by atoms with Gasteiger partial charge in [0.2, 0.25) is 5.91 Å². The van der Waals surface area contributed by atoms with Gasteiger partial charge in [-0.05, 0) is 29.8 Å². The van der Waals surface area contributed by atoms with Crippen LogP contribution in [-0.4, -0.2) is 57.3 Å². The molecule has 1 N–H and O–H groups in total. The summed E-state index contributed by atoms with van der Waals surface area (Å²) >= 11 is 0. The second-order valence-corrected chi connectivity index (χ2v) is 7.42. The molecule has 8 nitrogen and oxygen atoms in total. The van der Waals surface area contributed by atoms with Crippen LogP contribution in [0.15, 0.2) is 52.1 Å². The normalized spacial score (nSPS) is 13.9. The highest BCUT2D eigenvalue weighted by Gasteiger charge is 2.28. The molecule has 32 heavy (non-hydrogen) atoms. The lowest BCUT2D eigenvalue weighted by molar-refractivity contribution is -0.134. The van der Waals surface area contributed by atoms with Crippen molar-refractivity contribution in [3.05, 3.63) is 80.2 Å². The third kappa shape index (κ3) is 3.90. The molecule has 1 saturated heterocycles. The number of H-pyrrole nitrogens is 1. The van der Waals surface area contributed by atoms with Crippen molar-refractivity contribution in [2.45, 2.75) is 6.54 Å². The van der Waals surface area contributed by atoms with Crippen molar-refractivity contribution in [3.63, 3.8) is 0 Å². The number of rotatable bonds is 4. The SMILES string of the molecule is C#CCN1CCN(C(=O)c2cc(Cn3c(=O)[nH]c(=O)c4ccccc43)ccc2F)CC1=O. The number of halogens is 1. The fourth-order valence-electron chi connectivity index (χ4n) is 3.75. The summed E-state index contributed by atoms with van der Waals surface area (Å²) in [5, 5.41) is 0.342. The number of aromatic amines is 1. The summed E-state index contributed by atoms with van der Waals surface area (Å²) < 4.78 is 15.9. The number of hydrogen-bond acceptors (Lipinski definition) is 4. The first-order valence-electron chi connectivity index (χ1n) is 9.90. The number of benzene rings is 2. The van der Waals surface area contributed by atoms with E-state index in [1.54, 1.807) is 24.3 Å². The van der Waals surface area contributed by atoms with Crippen LogP contribution in [0.2, 0.25) is 0 Å². The van der Waals surface area contributed by atoms with Crippen LogP contribution in [0.3, 0.4) is 0 Å². The van der Waals surface area contributed by atoms with Gasteiger partial charge in [0.15, 0.2) is 0 Å².